The van der Waals surface area contributed by atoms with Crippen molar-refractivity contribution in [1.82, 2.24) is 4.90 Å². The summed E-state index contributed by atoms with van der Waals surface area (Å²) in [5.41, 5.74) is 0.965. The van der Waals surface area contributed by atoms with E-state index in [4.69, 9.17) is 16.9 Å². The molecule has 1 aliphatic rings. The summed E-state index contributed by atoms with van der Waals surface area (Å²) in [5.74, 6) is 0.335. The molecule has 1 aromatic rings. The van der Waals surface area contributed by atoms with Gasteiger partial charge in [0.25, 0.3) is 0 Å². The number of rotatable bonds is 6. The fraction of sp³-hybridized carbons (Fsp3) is 0.588. The van der Waals surface area contributed by atoms with Crippen LogP contribution in [0.5, 0.6) is 0 Å². The number of benzene rings is 1. The first-order chi connectivity index (χ1) is 10.2. The van der Waals surface area contributed by atoms with E-state index in [1.807, 2.05) is 24.3 Å². The SMILES string of the molecule is N#CCCCCN1CCC(C(O)c2ccc(Cl)cc2)CC1. The molecule has 21 heavy (non-hydrogen) atoms. The molecule has 0 saturated carbocycles. The number of aliphatic hydroxyl groups excluding tert-OH is 1. The molecule has 3 nitrogen and oxygen atoms in total. The maximum absolute atomic E-state index is 10.5. The third-order valence-electron chi connectivity index (χ3n) is 4.30. The lowest BCUT2D eigenvalue weighted by Crippen LogP contribution is -2.36. The topological polar surface area (TPSA) is 47.3 Å². The van der Waals surface area contributed by atoms with Crippen molar-refractivity contribution >= 4 is 11.6 Å². The number of halogens is 1. The number of likely N-dealkylation sites (tertiary alicyclic amines) is 1. The van der Waals surface area contributed by atoms with Gasteiger partial charge in [-0.25, -0.2) is 0 Å². The largest absolute Gasteiger partial charge is 0.388 e. The van der Waals surface area contributed by atoms with E-state index in [0.29, 0.717) is 17.4 Å². The summed E-state index contributed by atoms with van der Waals surface area (Å²) in [6.07, 6.45) is 4.42. The average Bonchev–Trinajstić information content (AvgIpc) is 2.52. The Morgan fingerprint density at radius 2 is 1.90 bits per heavy atom. The molecular formula is C17H23ClN2O. The third-order valence-corrected chi connectivity index (χ3v) is 4.56. The summed E-state index contributed by atoms with van der Waals surface area (Å²) in [4.78, 5) is 2.45. The van der Waals surface area contributed by atoms with Gasteiger partial charge in [-0.2, -0.15) is 5.26 Å². The highest BCUT2D eigenvalue weighted by atomic mass is 35.5. The van der Waals surface area contributed by atoms with Gasteiger partial charge in [0, 0.05) is 11.4 Å². The predicted molar refractivity (Wildman–Crippen MR) is 85.0 cm³/mol. The number of nitrogens with zero attached hydrogens (tertiary/aromatic N) is 2. The number of unbranched alkanes of at least 4 members (excludes halogenated alkanes) is 2. The van der Waals surface area contributed by atoms with E-state index in [2.05, 4.69) is 11.0 Å². The molecule has 1 fully saturated rings. The molecule has 1 aliphatic heterocycles. The lowest BCUT2D eigenvalue weighted by molar-refractivity contribution is 0.0585. The van der Waals surface area contributed by atoms with E-state index in [-0.39, 0.29) is 6.10 Å². The summed E-state index contributed by atoms with van der Waals surface area (Å²) in [6, 6.07) is 9.70. The van der Waals surface area contributed by atoms with Gasteiger partial charge in [-0.3, -0.25) is 0 Å². The number of hydrogen-bond donors (Lipinski definition) is 1. The number of piperidine rings is 1. The van der Waals surface area contributed by atoms with Gasteiger partial charge in [0.05, 0.1) is 12.2 Å². The highest BCUT2D eigenvalue weighted by Crippen LogP contribution is 2.31. The van der Waals surface area contributed by atoms with E-state index >= 15 is 0 Å². The zero-order valence-corrected chi connectivity index (χ0v) is 13.1. The van der Waals surface area contributed by atoms with Crippen LogP contribution in [0.25, 0.3) is 0 Å². The average molecular weight is 307 g/mol. The van der Waals surface area contributed by atoms with Crippen LogP contribution < -0.4 is 0 Å². The molecular weight excluding hydrogens is 284 g/mol. The summed E-state index contributed by atoms with van der Waals surface area (Å²) in [7, 11) is 0. The van der Waals surface area contributed by atoms with E-state index in [0.717, 1.165) is 50.9 Å². The van der Waals surface area contributed by atoms with Crippen molar-refractivity contribution in [1.29, 1.82) is 5.26 Å². The van der Waals surface area contributed by atoms with Crippen molar-refractivity contribution in [3.05, 3.63) is 34.9 Å². The van der Waals surface area contributed by atoms with Crippen LogP contribution in [-0.4, -0.2) is 29.6 Å². The molecule has 1 saturated heterocycles. The summed E-state index contributed by atoms with van der Waals surface area (Å²) >= 11 is 5.88. The summed E-state index contributed by atoms with van der Waals surface area (Å²) in [6.45, 7) is 3.16. The van der Waals surface area contributed by atoms with Gasteiger partial charge in [-0.1, -0.05) is 23.7 Å². The molecule has 0 amide bonds. The molecule has 0 spiro atoms. The first kappa shape index (κ1) is 16.3. The second kappa shape index (κ2) is 8.38. The highest BCUT2D eigenvalue weighted by Gasteiger charge is 2.25. The molecule has 0 bridgehead atoms. The Morgan fingerprint density at radius 3 is 2.52 bits per heavy atom. The maximum atomic E-state index is 10.5. The molecule has 0 aromatic heterocycles. The molecule has 4 heteroatoms. The van der Waals surface area contributed by atoms with Gasteiger partial charge in [0.2, 0.25) is 0 Å². The van der Waals surface area contributed by atoms with Crippen molar-refractivity contribution in [2.24, 2.45) is 5.92 Å². The first-order valence-electron chi connectivity index (χ1n) is 7.73. The standard InChI is InChI=1S/C17H23ClN2O/c18-16-6-4-14(5-7-16)17(21)15-8-12-20(13-9-15)11-3-1-2-10-19/h4-7,15,17,21H,1-3,8-9,11-13H2. The fourth-order valence-electron chi connectivity index (χ4n) is 2.96. The van der Waals surface area contributed by atoms with Crippen molar-refractivity contribution in [3.8, 4) is 6.07 Å². The van der Waals surface area contributed by atoms with E-state index in [9.17, 15) is 5.11 Å². The fourth-order valence-corrected chi connectivity index (χ4v) is 3.09. The molecule has 1 unspecified atom stereocenters. The van der Waals surface area contributed by atoms with Crippen LogP contribution in [0.15, 0.2) is 24.3 Å². The number of aliphatic hydroxyl groups is 1. The minimum atomic E-state index is -0.386. The Hall–Kier alpha value is -1.08. The van der Waals surface area contributed by atoms with Crippen molar-refractivity contribution in [3.63, 3.8) is 0 Å². The summed E-state index contributed by atoms with van der Waals surface area (Å²) < 4.78 is 0. The zero-order chi connectivity index (χ0) is 15.1. The Morgan fingerprint density at radius 1 is 1.24 bits per heavy atom. The number of nitriles is 1. The van der Waals surface area contributed by atoms with E-state index in [1.165, 1.54) is 0 Å². The second-order valence-corrected chi connectivity index (χ2v) is 6.23. The Balaban J connectivity index is 1.75. The summed E-state index contributed by atoms with van der Waals surface area (Å²) in [5, 5.41) is 19.7. The Kier molecular flexibility index (Phi) is 6.50. The smallest absolute Gasteiger partial charge is 0.0819 e. The predicted octanol–water partition coefficient (Wildman–Crippen LogP) is 3.78. The minimum Gasteiger partial charge on any atom is -0.388 e. The van der Waals surface area contributed by atoms with Crippen molar-refractivity contribution in [2.45, 2.75) is 38.2 Å². The van der Waals surface area contributed by atoms with Crippen LogP contribution in [0.4, 0.5) is 0 Å². The molecule has 1 aromatic carbocycles. The lowest BCUT2D eigenvalue weighted by Gasteiger charge is -2.34. The van der Waals surface area contributed by atoms with Crippen molar-refractivity contribution in [2.75, 3.05) is 19.6 Å². The van der Waals surface area contributed by atoms with Gasteiger partial charge in [-0.15, -0.1) is 0 Å². The maximum Gasteiger partial charge on any atom is 0.0819 e. The van der Waals surface area contributed by atoms with Crippen LogP contribution in [0.2, 0.25) is 5.02 Å². The number of hydrogen-bond acceptors (Lipinski definition) is 3. The Labute approximate surface area is 132 Å². The van der Waals surface area contributed by atoms with Crippen LogP contribution in [-0.2, 0) is 0 Å². The van der Waals surface area contributed by atoms with Gasteiger partial charge in [-0.05, 0) is 68.9 Å². The van der Waals surface area contributed by atoms with E-state index < -0.39 is 0 Å². The monoisotopic (exact) mass is 306 g/mol. The molecule has 1 atom stereocenters. The molecule has 114 valence electrons. The first-order valence-corrected chi connectivity index (χ1v) is 8.11. The van der Waals surface area contributed by atoms with E-state index in [1.54, 1.807) is 0 Å². The van der Waals surface area contributed by atoms with Crippen LogP contribution in [0.3, 0.4) is 0 Å². The lowest BCUT2D eigenvalue weighted by atomic mass is 9.87. The van der Waals surface area contributed by atoms with Crippen LogP contribution in [0, 0.1) is 17.2 Å². The normalized spacial score (nSPS) is 18.3. The molecule has 1 heterocycles. The van der Waals surface area contributed by atoms with Gasteiger partial charge in [0.15, 0.2) is 0 Å². The second-order valence-electron chi connectivity index (χ2n) is 5.79. The zero-order valence-electron chi connectivity index (χ0n) is 12.3. The third kappa shape index (κ3) is 5.00. The Bertz CT molecular complexity index is 461. The van der Waals surface area contributed by atoms with Crippen LogP contribution >= 0.6 is 11.6 Å². The molecule has 0 radical (unpaired) electrons. The quantitative estimate of drug-likeness (QED) is 0.814. The molecule has 2 rings (SSSR count). The molecule has 1 N–H and O–H groups in total. The highest BCUT2D eigenvalue weighted by molar-refractivity contribution is 6.30. The van der Waals surface area contributed by atoms with Gasteiger partial charge < -0.3 is 10.0 Å². The molecule has 0 aliphatic carbocycles. The van der Waals surface area contributed by atoms with Crippen molar-refractivity contribution < 1.29 is 5.11 Å². The van der Waals surface area contributed by atoms with Gasteiger partial charge >= 0.3 is 0 Å². The van der Waals surface area contributed by atoms with Crippen LogP contribution in [0.1, 0.15) is 43.8 Å². The van der Waals surface area contributed by atoms with Gasteiger partial charge in [0.1, 0.15) is 0 Å². The minimum absolute atomic E-state index is 0.335.